The first kappa shape index (κ1) is 15.0. The zero-order chi connectivity index (χ0) is 14.4. The highest BCUT2D eigenvalue weighted by Crippen LogP contribution is 2.23. The Kier molecular flexibility index (Phi) is 5.52. The number of amides is 1. The second-order valence-electron chi connectivity index (χ2n) is 5.74. The second kappa shape index (κ2) is 7.38. The van der Waals surface area contributed by atoms with Gasteiger partial charge in [0.15, 0.2) is 0 Å². The standard InChI is InChI=1S/C14H25N5O/c1-11-5-2-3-7-13(11)16-14(20)10-19-9-12(17-18-19)6-4-8-15/h9,11,13H,2-8,10,15H2,1H3,(H,16,20). The molecule has 1 aliphatic carbocycles. The van der Waals surface area contributed by atoms with Gasteiger partial charge in [-0.15, -0.1) is 5.10 Å². The number of nitrogens with one attached hydrogen (secondary N) is 1. The Labute approximate surface area is 120 Å². The summed E-state index contributed by atoms with van der Waals surface area (Å²) >= 11 is 0. The summed E-state index contributed by atoms with van der Waals surface area (Å²) in [6.07, 6.45) is 8.33. The number of aryl methyl sites for hydroxylation is 1. The minimum Gasteiger partial charge on any atom is -0.351 e. The molecule has 2 atom stereocenters. The van der Waals surface area contributed by atoms with Gasteiger partial charge in [-0.05, 0) is 38.1 Å². The maximum Gasteiger partial charge on any atom is 0.242 e. The molecule has 0 aliphatic heterocycles. The topological polar surface area (TPSA) is 85.8 Å². The monoisotopic (exact) mass is 279 g/mol. The minimum absolute atomic E-state index is 0.0269. The van der Waals surface area contributed by atoms with Crippen LogP contribution in [0.3, 0.4) is 0 Å². The third kappa shape index (κ3) is 4.30. The van der Waals surface area contributed by atoms with Crippen molar-refractivity contribution in [3.63, 3.8) is 0 Å². The van der Waals surface area contributed by atoms with Crippen LogP contribution in [0.2, 0.25) is 0 Å². The summed E-state index contributed by atoms with van der Waals surface area (Å²) in [6, 6.07) is 0.316. The lowest BCUT2D eigenvalue weighted by Gasteiger charge is -2.29. The number of hydrogen-bond donors (Lipinski definition) is 2. The Bertz CT molecular complexity index is 431. The largest absolute Gasteiger partial charge is 0.351 e. The summed E-state index contributed by atoms with van der Waals surface area (Å²) < 4.78 is 1.61. The molecule has 0 spiro atoms. The molecule has 1 saturated carbocycles. The Balaban J connectivity index is 1.80. The van der Waals surface area contributed by atoms with Gasteiger partial charge in [0.05, 0.1) is 5.69 Å². The van der Waals surface area contributed by atoms with Crippen molar-refractivity contribution in [3.8, 4) is 0 Å². The molecule has 0 radical (unpaired) electrons. The van der Waals surface area contributed by atoms with E-state index in [-0.39, 0.29) is 12.5 Å². The number of aromatic nitrogens is 3. The van der Waals surface area contributed by atoms with E-state index in [1.807, 2.05) is 6.20 Å². The van der Waals surface area contributed by atoms with Gasteiger partial charge >= 0.3 is 0 Å². The van der Waals surface area contributed by atoms with Gasteiger partial charge in [0, 0.05) is 12.2 Å². The molecule has 0 saturated heterocycles. The molecule has 0 aromatic carbocycles. The molecule has 6 heteroatoms. The van der Waals surface area contributed by atoms with Crippen molar-refractivity contribution in [1.82, 2.24) is 20.3 Å². The van der Waals surface area contributed by atoms with Crippen LogP contribution >= 0.6 is 0 Å². The fraction of sp³-hybridized carbons (Fsp3) is 0.786. The van der Waals surface area contributed by atoms with Crippen molar-refractivity contribution in [2.75, 3.05) is 6.54 Å². The number of rotatable bonds is 6. The van der Waals surface area contributed by atoms with E-state index in [4.69, 9.17) is 5.73 Å². The fourth-order valence-corrected chi connectivity index (χ4v) is 2.74. The van der Waals surface area contributed by atoms with Crippen LogP contribution < -0.4 is 11.1 Å². The second-order valence-corrected chi connectivity index (χ2v) is 5.74. The summed E-state index contributed by atoms with van der Waals surface area (Å²) in [5.74, 6) is 0.600. The van der Waals surface area contributed by atoms with E-state index in [1.54, 1.807) is 4.68 Å². The van der Waals surface area contributed by atoms with Gasteiger partial charge in [-0.2, -0.15) is 0 Å². The van der Waals surface area contributed by atoms with Gasteiger partial charge < -0.3 is 11.1 Å². The molecule has 6 nitrogen and oxygen atoms in total. The maximum atomic E-state index is 12.0. The molecule has 1 aliphatic rings. The summed E-state index contributed by atoms with van der Waals surface area (Å²) in [5, 5.41) is 11.2. The number of nitrogens with zero attached hydrogens (tertiary/aromatic N) is 3. The number of carbonyl (C=O) groups excluding carboxylic acids is 1. The number of hydrogen-bond acceptors (Lipinski definition) is 4. The van der Waals surface area contributed by atoms with Crippen molar-refractivity contribution < 1.29 is 4.79 Å². The minimum atomic E-state index is 0.0269. The van der Waals surface area contributed by atoms with E-state index in [2.05, 4.69) is 22.6 Å². The van der Waals surface area contributed by atoms with Gasteiger partial charge in [-0.1, -0.05) is 25.0 Å². The van der Waals surface area contributed by atoms with Crippen LogP contribution in [-0.4, -0.2) is 33.5 Å². The summed E-state index contributed by atoms with van der Waals surface area (Å²) in [6.45, 7) is 3.11. The van der Waals surface area contributed by atoms with Gasteiger partial charge in [0.2, 0.25) is 5.91 Å². The van der Waals surface area contributed by atoms with Gasteiger partial charge in [-0.3, -0.25) is 4.79 Å². The quantitative estimate of drug-likeness (QED) is 0.809. The Morgan fingerprint density at radius 3 is 3.05 bits per heavy atom. The van der Waals surface area contributed by atoms with E-state index in [9.17, 15) is 4.79 Å². The van der Waals surface area contributed by atoms with Crippen molar-refractivity contribution in [2.45, 2.75) is 58.0 Å². The molecule has 1 amide bonds. The van der Waals surface area contributed by atoms with Crippen molar-refractivity contribution >= 4 is 5.91 Å². The van der Waals surface area contributed by atoms with E-state index in [1.165, 1.54) is 19.3 Å². The highest BCUT2D eigenvalue weighted by atomic mass is 16.2. The molecule has 2 unspecified atom stereocenters. The maximum absolute atomic E-state index is 12.0. The van der Waals surface area contributed by atoms with Gasteiger partial charge in [-0.25, -0.2) is 4.68 Å². The Morgan fingerprint density at radius 2 is 2.30 bits per heavy atom. The van der Waals surface area contributed by atoms with E-state index >= 15 is 0 Å². The lowest BCUT2D eigenvalue weighted by molar-refractivity contribution is -0.123. The van der Waals surface area contributed by atoms with E-state index in [0.717, 1.165) is 25.0 Å². The molecule has 2 rings (SSSR count). The van der Waals surface area contributed by atoms with Crippen LogP contribution in [0.1, 0.15) is 44.7 Å². The van der Waals surface area contributed by atoms with Crippen LogP contribution in [0.15, 0.2) is 6.20 Å². The average molecular weight is 279 g/mol. The van der Waals surface area contributed by atoms with Crippen LogP contribution in [0.5, 0.6) is 0 Å². The fourth-order valence-electron chi connectivity index (χ4n) is 2.74. The highest BCUT2D eigenvalue weighted by Gasteiger charge is 2.22. The molecule has 20 heavy (non-hydrogen) atoms. The van der Waals surface area contributed by atoms with Crippen molar-refractivity contribution in [1.29, 1.82) is 0 Å². The molecule has 1 aromatic heterocycles. The molecular formula is C14H25N5O. The van der Waals surface area contributed by atoms with Crippen LogP contribution in [0.25, 0.3) is 0 Å². The number of carbonyl (C=O) groups is 1. The SMILES string of the molecule is CC1CCCCC1NC(=O)Cn1cc(CCCN)nn1. The molecule has 112 valence electrons. The molecule has 1 fully saturated rings. The van der Waals surface area contributed by atoms with Crippen LogP contribution in [0.4, 0.5) is 0 Å². The molecule has 1 heterocycles. The summed E-state index contributed by atoms with van der Waals surface area (Å²) in [7, 11) is 0. The molecular weight excluding hydrogens is 254 g/mol. The van der Waals surface area contributed by atoms with Crippen LogP contribution in [0, 0.1) is 5.92 Å². The van der Waals surface area contributed by atoms with Gasteiger partial charge in [0.25, 0.3) is 0 Å². The van der Waals surface area contributed by atoms with Crippen molar-refractivity contribution in [3.05, 3.63) is 11.9 Å². The third-order valence-electron chi connectivity index (χ3n) is 3.99. The predicted molar refractivity (Wildman–Crippen MR) is 77.0 cm³/mol. The van der Waals surface area contributed by atoms with E-state index < -0.39 is 0 Å². The first-order chi connectivity index (χ1) is 9.69. The van der Waals surface area contributed by atoms with Crippen molar-refractivity contribution in [2.24, 2.45) is 11.7 Å². The summed E-state index contributed by atoms with van der Waals surface area (Å²) in [5.41, 5.74) is 6.36. The van der Waals surface area contributed by atoms with E-state index in [0.29, 0.717) is 18.5 Å². The first-order valence-electron chi connectivity index (χ1n) is 7.57. The smallest absolute Gasteiger partial charge is 0.242 e. The third-order valence-corrected chi connectivity index (χ3v) is 3.99. The zero-order valence-corrected chi connectivity index (χ0v) is 12.2. The highest BCUT2D eigenvalue weighted by molar-refractivity contribution is 5.75. The number of nitrogens with two attached hydrogens (primary N) is 1. The molecule has 3 N–H and O–H groups in total. The molecule has 0 bridgehead atoms. The first-order valence-corrected chi connectivity index (χ1v) is 7.57. The summed E-state index contributed by atoms with van der Waals surface area (Å²) in [4.78, 5) is 12.0. The molecule has 1 aromatic rings. The lowest BCUT2D eigenvalue weighted by atomic mass is 9.86. The Morgan fingerprint density at radius 1 is 1.50 bits per heavy atom. The zero-order valence-electron chi connectivity index (χ0n) is 12.2. The Hall–Kier alpha value is -1.43. The van der Waals surface area contributed by atoms with Gasteiger partial charge in [0.1, 0.15) is 6.54 Å². The normalized spacial score (nSPS) is 22.7. The predicted octanol–water partition coefficient (Wildman–Crippen LogP) is 0.864. The van der Waals surface area contributed by atoms with Crippen LogP contribution in [-0.2, 0) is 17.8 Å². The average Bonchev–Trinajstić information content (AvgIpc) is 2.86. The lowest BCUT2D eigenvalue weighted by Crippen LogP contribution is -2.42.